The third kappa shape index (κ3) is 444. The Hall–Kier alpha value is 6.27. The fourth-order valence-electron chi connectivity index (χ4n) is 0. The first-order chi connectivity index (χ1) is 53.7. The van der Waals surface area contributed by atoms with Crippen molar-refractivity contribution in [1.29, 1.82) is 0 Å². The van der Waals surface area contributed by atoms with Gasteiger partial charge in [-0.1, -0.05) is 448 Å². The zero-order valence-corrected chi connectivity index (χ0v) is 113. The maximum absolute atomic E-state index is 10.1. The molecule has 0 rings (SSSR count). The van der Waals surface area contributed by atoms with Gasteiger partial charge < -0.3 is 197 Å². The second-order valence-corrected chi connectivity index (χ2v) is 56.8. The Bertz CT molecular complexity index is 2000. The first-order valence-corrected chi connectivity index (χ1v) is 52.8. The number of hydrogen-bond acceptors (Lipinski definition) is 40. The SMILES string of the molecule is CC(C)(C)P(=O)([O-])[O-].CC(C)(C)P(=O)([O-])[O-].CC(C)(C)P(=O)([O-])[O-].CC(C)(C)P(=O)([O-])[O-].CC(C)(C)P(=O)([O-])[O-].CC(C)(C)P(=O)([O-])[O-].CC(C)(C)P(=O)([O-])[O-].CC(C)(C)P(=O)([O-])[O-].CC(C)[O-].CC(C)[O-].CC(C)[O-].CC(C)[O-].CC(C)[O-].CC(C)[O-].CC(C)[O-].CC(C)[O-].CC(C)[O-].CC(C)[O-].CC(C)[O-].CC(C)[O-].CC(C)[O-].CC(C)[O-].CC(C)[O-].CC(C)[O-].[Ti+4].[Ti+4].[Ti+4].[Ti+4].[Ti+4].[Ti+4].[Ti+4].[Ti+4]. The van der Waals surface area contributed by atoms with Gasteiger partial charge in [0.05, 0.1) is 0 Å². The summed E-state index contributed by atoms with van der Waals surface area (Å²) in [4.78, 5) is 162. The maximum atomic E-state index is 10.1. The Balaban J connectivity index is -0.0000000278. The van der Waals surface area contributed by atoms with Gasteiger partial charge in [0.25, 0.3) is 0 Å². The van der Waals surface area contributed by atoms with Crippen LogP contribution in [0, 0.1) is 0 Å². The van der Waals surface area contributed by atoms with E-state index in [9.17, 15) is 197 Å². The van der Waals surface area contributed by atoms with Gasteiger partial charge in [0, 0.05) is 0 Å². The summed E-state index contributed by atoms with van der Waals surface area (Å²) in [5.41, 5.74) is 0. The van der Waals surface area contributed by atoms with Crippen LogP contribution in [0.25, 0.3) is 0 Å². The molecule has 0 saturated heterocycles. The summed E-state index contributed by atoms with van der Waals surface area (Å²) >= 11 is 0. The molecule has 0 spiro atoms. The molecule has 0 N–H and O–H groups in total. The van der Waals surface area contributed by atoms with Crippen LogP contribution >= 0.6 is 60.8 Å². The van der Waals surface area contributed by atoms with E-state index < -0.39 is 200 Å². The fourth-order valence-corrected chi connectivity index (χ4v) is 0. The van der Waals surface area contributed by atoms with Crippen LogP contribution in [0.5, 0.6) is 0 Å². The Kier molecular flexibility index (Phi) is 211. The molecular formula is C80H184O40P8Ti8. The van der Waals surface area contributed by atoms with Crippen LogP contribution < -0.4 is 160 Å². The van der Waals surface area contributed by atoms with Crippen molar-refractivity contribution in [2.24, 2.45) is 0 Å². The van der Waals surface area contributed by atoms with Gasteiger partial charge in [-0.15, -0.1) is 97.7 Å². The van der Waals surface area contributed by atoms with Crippen molar-refractivity contribution in [2.75, 3.05) is 0 Å². The molecule has 0 bridgehead atoms. The van der Waals surface area contributed by atoms with E-state index >= 15 is 0 Å². The summed E-state index contributed by atoms with van der Waals surface area (Å²) in [6, 6.07) is 0. The van der Waals surface area contributed by atoms with Crippen molar-refractivity contribution < 1.29 is 370 Å². The Morgan fingerprint density at radius 2 is 0.118 bits per heavy atom. The smallest absolute Gasteiger partial charge is 0.852 e. The summed E-state index contributed by atoms with van der Waals surface area (Å²) in [6.45, 7) is 84.7. The minimum atomic E-state index is -4.35. The molecule has 0 saturated carbocycles. The molecule has 136 heavy (non-hydrogen) atoms. The topological polar surface area (TPSA) is 874 Å². The van der Waals surface area contributed by atoms with Gasteiger partial charge in [-0.3, -0.25) is 0 Å². The molecule has 0 aromatic carbocycles. The van der Waals surface area contributed by atoms with Crippen molar-refractivity contribution in [3.05, 3.63) is 0 Å². The first-order valence-electron chi connectivity index (χ1n) is 40.4. The van der Waals surface area contributed by atoms with Gasteiger partial charge in [0.15, 0.2) is 0 Å². The van der Waals surface area contributed by atoms with Crippen LogP contribution in [-0.2, 0) is 210 Å². The third-order valence-corrected chi connectivity index (χ3v) is 19.7. The molecular weight excluding hydrogens is 2230 g/mol. The van der Waals surface area contributed by atoms with Gasteiger partial charge in [0.1, 0.15) is 0 Å². The van der Waals surface area contributed by atoms with Crippen molar-refractivity contribution >= 4 is 60.8 Å². The number of hydrogen-bond donors (Lipinski definition) is 0. The predicted molar refractivity (Wildman–Crippen MR) is 461 cm³/mol. The van der Waals surface area contributed by atoms with Gasteiger partial charge in [-0.2, -0.15) is 0 Å². The molecule has 0 unspecified atom stereocenters. The van der Waals surface area contributed by atoms with Crippen LogP contribution in [0.15, 0.2) is 0 Å². The average Bonchev–Trinajstić information content (AvgIpc) is 0.929. The summed E-state index contributed by atoms with van der Waals surface area (Å²) in [5.74, 6) is 0. The van der Waals surface area contributed by atoms with Crippen LogP contribution in [0.2, 0.25) is 0 Å². The minimum Gasteiger partial charge on any atom is -0.852 e. The van der Waals surface area contributed by atoms with E-state index in [1.54, 1.807) is 222 Å². The third-order valence-electron chi connectivity index (χ3n) is 6.57. The van der Waals surface area contributed by atoms with E-state index in [0.717, 1.165) is 0 Å². The molecule has 816 valence electrons. The normalized spacial score (nSPS) is 10.9. The molecule has 0 amide bonds. The first kappa shape index (κ1) is 234. The van der Waals surface area contributed by atoms with Crippen molar-refractivity contribution in [3.8, 4) is 0 Å². The molecule has 56 heteroatoms. The maximum Gasteiger partial charge on any atom is 4.00 e. The summed E-state index contributed by atoms with van der Waals surface area (Å²) < 4.78 is 81.0. The van der Waals surface area contributed by atoms with Crippen molar-refractivity contribution in [2.45, 2.75) is 527 Å². The second-order valence-electron chi connectivity index (χ2n) is 38.1. The van der Waals surface area contributed by atoms with Gasteiger partial charge in [-0.05, 0) is 41.2 Å². The molecule has 0 aliphatic rings. The largest absolute Gasteiger partial charge is 4.00 e. The van der Waals surface area contributed by atoms with Crippen LogP contribution in [-0.4, -0.2) is 139 Å². The molecule has 0 aromatic heterocycles. The average molecular weight is 2420 g/mol. The van der Waals surface area contributed by atoms with Crippen molar-refractivity contribution in [3.63, 3.8) is 0 Å². The monoisotopic (exact) mass is 2420 g/mol. The van der Waals surface area contributed by atoms with Crippen molar-refractivity contribution in [1.82, 2.24) is 0 Å². The molecule has 0 aliphatic carbocycles. The zero-order chi connectivity index (χ0) is 113. The Morgan fingerprint density at radius 1 is 0.110 bits per heavy atom. The van der Waals surface area contributed by atoms with E-state index in [4.69, 9.17) is 0 Å². The van der Waals surface area contributed by atoms with E-state index in [1.807, 2.05) is 0 Å². The van der Waals surface area contributed by atoms with E-state index in [2.05, 4.69) is 0 Å². The van der Waals surface area contributed by atoms with E-state index in [1.165, 1.54) is 166 Å². The summed E-state index contributed by atoms with van der Waals surface area (Å²) in [6.07, 6.45) is -6.67. The predicted octanol–water partition coefficient (Wildman–Crippen LogP) is -6.35. The zero-order valence-electron chi connectivity index (χ0n) is 93.1. The second kappa shape index (κ2) is 123. The molecule has 0 heterocycles. The molecule has 40 nitrogen and oxygen atoms in total. The fraction of sp³-hybridized carbons (Fsp3) is 1.00. The summed E-state index contributed by atoms with van der Waals surface area (Å²) in [5, 5.41) is 143. The standard InChI is InChI=1S/8C4H11O3P.16C3H7O.8Ti/c8*1-4(2,3)8(5,6)7;16*1-3(2)4;;;;;;;;/h8*1-3H3,(H2,5,6,7);16*3H,1-2H3;;;;;;;;/q;;;;;;;;16*-1;8*+4/p-16. The molecule has 0 atom stereocenters. The molecule has 0 aliphatic heterocycles. The molecule has 0 aromatic rings. The van der Waals surface area contributed by atoms with E-state index in [-0.39, 0.29) is 174 Å². The summed E-state index contributed by atoms with van der Waals surface area (Å²) in [7, 11) is -34.8. The minimum absolute atomic E-state index is 0. The Morgan fingerprint density at radius 3 is 0.118 bits per heavy atom. The van der Waals surface area contributed by atoms with Crippen LogP contribution in [0.4, 0.5) is 0 Å². The van der Waals surface area contributed by atoms with Crippen LogP contribution in [0.1, 0.15) is 388 Å². The van der Waals surface area contributed by atoms with E-state index in [0.29, 0.717) is 0 Å². The quantitative estimate of drug-likeness (QED) is 0.161. The Labute approximate surface area is 948 Å². The van der Waals surface area contributed by atoms with Crippen LogP contribution in [0.3, 0.4) is 0 Å². The van der Waals surface area contributed by atoms with Gasteiger partial charge >= 0.3 is 174 Å². The molecule has 0 radical (unpaired) electrons. The van der Waals surface area contributed by atoms with Gasteiger partial charge in [0.2, 0.25) is 0 Å². The van der Waals surface area contributed by atoms with Gasteiger partial charge in [-0.25, -0.2) is 0 Å². The molecule has 0 fully saturated rings. The number of rotatable bonds is 0.